The summed E-state index contributed by atoms with van der Waals surface area (Å²) in [5.41, 5.74) is -0.795. The zero-order valence-electron chi connectivity index (χ0n) is 14.0. The van der Waals surface area contributed by atoms with Gasteiger partial charge in [0, 0.05) is 24.3 Å². The van der Waals surface area contributed by atoms with Crippen molar-refractivity contribution in [3.63, 3.8) is 0 Å². The van der Waals surface area contributed by atoms with Crippen LogP contribution in [0.15, 0.2) is 28.8 Å². The number of hydrogen-bond acceptors (Lipinski definition) is 4. The Balaban J connectivity index is 1.55. The van der Waals surface area contributed by atoms with Crippen molar-refractivity contribution in [3.05, 3.63) is 47.1 Å². The summed E-state index contributed by atoms with van der Waals surface area (Å²) in [6.07, 6.45) is -4.43. The van der Waals surface area contributed by atoms with Crippen molar-refractivity contribution in [1.82, 2.24) is 15.5 Å². The number of rotatable bonds is 4. The van der Waals surface area contributed by atoms with Gasteiger partial charge in [-0.2, -0.15) is 18.2 Å². The first-order chi connectivity index (χ1) is 12.6. The molecule has 0 bridgehead atoms. The summed E-state index contributed by atoms with van der Waals surface area (Å²) < 4.78 is 68.9. The van der Waals surface area contributed by atoms with E-state index in [0.29, 0.717) is 5.82 Å². The Morgan fingerprint density at radius 3 is 2.41 bits per heavy atom. The molecule has 0 atom stereocenters. The van der Waals surface area contributed by atoms with Gasteiger partial charge in [-0.25, -0.2) is 8.78 Å². The van der Waals surface area contributed by atoms with Crippen molar-refractivity contribution in [2.24, 2.45) is 0 Å². The smallest absolute Gasteiger partial charge is 0.343 e. The monoisotopic (exact) mass is 389 g/mol. The van der Waals surface area contributed by atoms with Gasteiger partial charge in [0.15, 0.2) is 5.82 Å². The molecule has 1 aromatic heterocycles. The highest BCUT2D eigenvalue weighted by Gasteiger charge is 2.37. The van der Waals surface area contributed by atoms with Gasteiger partial charge in [0.2, 0.25) is 11.8 Å². The third-order valence-corrected chi connectivity index (χ3v) is 4.44. The number of amides is 1. The van der Waals surface area contributed by atoms with E-state index >= 15 is 0 Å². The van der Waals surface area contributed by atoms with Crippen LogP contribution < -0.4 is 5.32 Å². The van der Waals surface area contributed by atoms with Crippen molar-refractivity contribution in [1.29, 1.82) is 0 Å². The summed E-state index contributed by atoms with van der Waals surface area (Å²) in [4.78, 5) is 16.1. The van der Waals surface area contributed by atoms with Gasteiger partial charge in [-0.3, -0.25) is 4.79 Å². The van der Waals surface area contributed by atoms with Gasteiger partial charge in [0.05, 0.1) is 12.1 Å². The van der Waals surface area contributed by atoms with Crippen molar-refractivity contribution in [2.75, 3.05) is 0 Å². The second-order valence-electron chi connectivity index (χ2n) is 6.43. The van der Waals surface area contributed by atoms with Gasteiger partial charge in [0.25, 0.3) is 5.91 Å². The maximum atomic E-state index is 13.2. The fourth-order valence-electron chi connectivity index (χ4n) is 2.87. The van der Waals surface area contributed by atoms with Gasteiger partial charge in [-0.1, -0.05) is 5.16 Å². The zero-order chi connectivity index (χ0) is 19.7. The largest absolute Gasteiger partial charge is 0.416 e. The highest BCUT2D eigenvalue weighted by molar-refractivity contribution is 5.94. The Bertz CT molecular complexity index is 792. The molecule has 1 aliphatic rings. The summed E-state index contributed by atoms with van der Waals surface area (Å²) >= 11 is 0. The van der Waals surface area contributed by atoms with Crippen LogP contribution in [0.3, 0.4) is 0 Å². The number of hydrogen-bond donors (Lipinski definition) is 1. The van der Waals surface area contributed by atoms with Crippen molar-refractivity contribution in [3.8, 4) is 0 Å². The lowest BCUT2D eigenvalue weighted by atomic mass is 9.86. The average molecular weight is 389 g/mol. The molecule has 1 heterocycles. The molecule has 0 unspecified atom stereocenters. The molecule has 1 aliphatic carbocycles. The van der Waals surface area contributed by atoms with E-state index in [1.165, 1.54) is 0 Å². The second-order valence-corrected chi connectivity index (χ2v) is 6.43. The van der Waals surface area contributed by atoms with Crippen LogP contribution >= 0.6 is 0 Å². The van der Waals surface area contributed by atoms with Crippen LogP contribution in [-0.2, 0) is 12.7 Å². The number of carbonyl (C=O) groups is 1. The van der Waals surface area contributed by atoms with E-state index in [4.69, 9.17) is 4.52 Å². The lowest BCUT2D eigenvalue weighted by Crippen LogP contribution is -2.24. The molecule has 0 aliphatic heterocycles. The molecule has 27 heavy (non-hydrogen) atoms. The molecule has 0 saturated heterocycles. The van der Waals surface area contributed by atoms with Crippen LogP contribution in [-0.4, -0.2) is 22.0 Å². The van der Waals surface area contributed by atoms with E-state index in [2.05, 4.69) is 15.5 Å². The summed E-state index contributed by atoms with van der Waals surface area (Å²) in [6, 6.07) is 3.77. The minimum Gasteiger partial charge on any atom is -0.343 e. The Kier molecular flexibility index (Phi) is 5.16. The molecule has 1 saturated carbocycles. The normalized spacial score (nSPS) is 17.7. The van der Waals surface area contributed by atoms with Crippen LogP contribution in [0.25, 0.3) is 0 Å². The van der Waals surface area contributed by atoms with Gasteiger partial charge in [-0.15, -0.1) is 0 Å². The number of benzene rings is 1. The Morgan fingerprint density at radius 2 is 1.81 bits per heavy atom. The highest BCUT2D eigenvalue weighted by atomic mass is 19.4. The second kappa shape index (κ2) is 7.24. The van der Waals surface area contributed by atoms with Crippen LogP contribution in [0.5, 0.6) is 0 Å². The fraction of sp³-hybridized carbons (Fsp3) is 0.471. The zero-order valence-corrected chi connectivity index (χ0v) is 14.0. The van der Waals surface area contributed by atoms with Gasteiger partial charge < -0.3 is 9.84 Å². The molecule has 0 radical (unpaired) electrons. The van der Waals surface area contributed by atoms with E-state index in [1.807, 2.05) is 0 Å². The summed E-state index contributed by atoms with van der Waals surface area (Å²) in [6.45, 7) is -0.115. The number of nitrogens with one attached hydrogen (secondary N) is 1. The third-order valence-electron chi connectivity index (χ3n) is 4.44. The molecular formula is C17H16F5N3O2. The minimum absolute atomic E-state index is 0.0530. The molecular weight excluding hydrogens is 373 g/mol. The lowest BCUT2D eigenvalue weighted by Gasteiger charge is -2.26. The van der Waals surface area contributed by atoms with Crippen LogP contribution in [0.2, 0.25) is 0 Å². The molecule has 3 rings (SSSR count). The molecule has 1 aromatic carbocycles. The number of carbonyl (C=O) groups excluding carboxylic acids is 1. The van der Waals surface area contributed by atoms with E-state index < -0.39 is 23.6 Å². The summed E-state index contributed by atoms with van der Waals surface area (Å²) in [5, 5.41) is 6.24. The van der Waals surface area contributed by atoms with Gasteiger partial charge in [0.1, 0.15) is 0 Å². The fourth-order valence-corrected chi connectivity index (χ4v) is 2.87. The summed E-state index contributed by atoms with van der Waals surface area (Å²) in [5.74, 6) is -3.04. The maximum absolute atomic E-state index is 13.2. The molecule has 1 N–H and O–H groups in total. The molecule has 1 amide bonds. The van der Waals surface area contributed by atoms with Crippen molar-refractivity contribution >= 4 is 5.91 Å². The van der Waals surface area contributed by atoms with Crippen LogP contribution in [0.1, 0.15) is 59.2 Å². The highest BCUT2D eigenvalue weighted by Crippen LogP contribution is 2.39. The first-order valence-electron chi connectivity index (χ1n) is 8.30. The molecule has 5 nitrogen and oxygen atoms in total. The van der Waals surface area contributed by atoms with Crippen molar-refractivity contribution < 1.29 is 31.3 Å². The number of alkyl halides is 5. The van der Waals surface area contributed by atoms with E-state index in [-0.39, 0.29) is 49.6 Å². The average Bonchev–Trinajstić information content (AvgIpc) is 3.08. The SMILES string of the molecule is O=C(NCc1nc(C2CCC(F)(F)CC2)no1)c1ccc(C(F)(F)F)cc1. The molecule has 146 valence electrons. The number of halogens is 5. The molecule has 10 heteroatoms. The summed E-state index contributed by atoms with van der Waals surface area (Å²) in [7, 11) is 0. The topological polar surface area (TPSA) is 68.0 Å². The maximum Gasteiger partial charge on any atom is 0.416 e. The van der Waals surface area contributed by atoms with E-state index in [0.717, 1.165) is 24.3 Å². The van der Waals surface area contributed by atoms with Crippen molar-refractivity contribution in [2.45, 2.75) is 50.2 Å². The third kappa shape index (κ3) is 4.81. The number of nitrogens with zero attached hydrogens (tertiary/aromatic N) is 2. The predicted octanol–water partition coefficient (Wildman–Crippen LogP) is 4.31. The Hall–Kier alpha value is -2.52. The first-order valence-corrected chi connectivity index (χ1v) is 8.30. The molecule has 2 aromatic rings. The lowest BCUT2D eigenvalue weighted by molar-refractivity contribution is -0.137. The van der Waals surface area contributed by atoms with Gasteiger partial charge in [-0.05, 0) is 37.1 Å². The van der Waals surface area contributed by atoms with Crippen LogP contribution in [0.4, 0.5) is 22.0 Å². The Labute approximate surface area is 150 Å². The van der Waals surface area contributed by atoms with E-state index in [9.17, 15) is 26.7 Å². The molecule has 0 spiro atoms. The van der Waals surface area contributed by atoms with E-state index in [1.54, 1.807) is 0 Å². The van der Waals surface area contributed by atoms with Crippen LogP contribution in [0, 0.1) is 0 Å². The quantitative estimate of drug-likeness (QED) is 0.792. The molecule has 1 fully saturated rings. The minimum atomic E-state index is -4.47. The first kappa shape index (κ1) is 19.2. The Morgan fingerprint density at radius 1 is 1.19 bits per heavy atom. The van der Waals surface area contributed by atoms with Gasteiger partial charge >= 0.3 is 6.18 Å². The predicted molar refractivity (Wildman–Crippen MR) is 83.1 cm³/mol. The number of aromatic nitrogens is 2. The standard InChI is InChI=1S/C17H16F5N3O2/c18-16(19)7-5-10(6-8-16)14-24-13(27-25-14)9-23-15(26)11-1-3-12(4-2-11)17(20,21)22/h1-4,10H,5-9H2,(H,23,26).